The predicted molar refractivity (Wildman–Crippen MR) is 71.3 cm³/mol. The summed E-state index contributed by atoms with van der Waals surface area (Å²) in [6, 6.07) is 6.60. The van der Waals surface area contributed by atoms with E-state index in [0.29, 0.717) is 11.3 Å². The summed E-state index contributed by atoms with van der Waals surface area (Å²) in [5.74, 6) is 0.605. The molecule has 0 amide bonds. The Morgan fingerprint density at radius 1 is 1.38 bits per heavy atom. The summed E-state index contributed by atoms with van der Waals surface area (Å²) >= 11 is 6.03. The lowest BCUT2D eigenvalue weighted by Gasteiger charge is -2.24. The number of benzene rings is 1. The Balaban J connectivity index is 2.27. The van der Waals surface area contributed by atoms with Gasteiger partial charge in [0.1, 0.15) is 0 Å². The van der Waals surface area contributed by atoms with Gasteiger partial charge in [-0.15, -0.1) is 11.6 Å². The van der Waals surface area contributed by atoms with Crippen LogP contribution in [0.15, 0.2) is 18.2 Å². The molecule has 0 atom stereocenters. The average molecular weight is 238 g/mol. The van der Waals surface area contributed by atoms with Crippen molar-refractivity contribution in [2.75, 3.05) is 18.0 Å². The van der Waals surface area contributed by atoms with Gasteiger partial charge >= 0.3 is 0 Å². The van der Waals surface area contributed by atoms with Gasteiger partial charge in [0.2, 0.25) is 0 Å². The number of rotatable bonds is 2. The Kier molecular flexibility index (Phi) is 3.16. The predicted octanol–water partition coefficient (Wildman–Crippen LogP) is 3.97. The van der Waals surface area contributed by atoms with E-state index in [1.165, 1.54) is 23.2 Å². The molecule has 0 saturated carbocycles. The minimum Gasteiger partial charge on any atom is -0.371 e. The highest BCUT2D eigenvalue weighted by molar-refractivity contribution is 6.17. The normalized spacial score (nSPS) is 19.1. The van der Waals surface area contributed by atoms with Gasteiger partial charge in [0.05, 0.1) is 0 Å². The van der Waals surface area contributed by atoms with Gasteiger partial charge in [0, 0.05) is 24.7 Å². The second kappa shape index (κ2) is 4.29. The van der Waals surface area contributed by atoms with Gasteiger partial charge in [-0.05, 0) is 30.4 Å². The maximum absolute atomic E-state index is 6.03. The van der Waals surface area contributed by atoms with E-state index in [-0.39, 0.29) is 0 Å². The smallest absolute Gasteiger partial charge is 0.0494 e. The molecule has 88 valence electrons. The van der Waals surface area contributed by atoms with E-state index in [4.69, 9.17) is 11.6 Å². The third-order valence-corrected chi connectivity index (χ3v) is 3.68. The minimum absolute atomic E-state index is 0.439. The topological polar surface area (TPSA) is 3.24 Å². The first-order chi connectivity index (χ1) is 7.52. The zero-order valence-corrected chi connectivity index (χ0v) is 11.1. The van der Waals surface area contributed by atoms with Crippen LogP contribution in [0.4, 0.5) is 5.69 Å². The van der Waals surface area contributed by atoms with Crippen molar-refractivity contribution in [2.24, 2.45) is 5.41 Å². The summed E-state index contributed by atoms with van der Waals surface area (Å²) in [7, 11) is 0. The number of hydrogen-bond donors (Lipinski definition) is 0. The first-order valence-corrected chi connectivity index (χ1v) is 6.46. The molecule has 0 bridgehead atoms. The van der Waals surface area contributed by atoms with Crippen LogP contribution in [0.5, 0.6) is 0 Å². The van der Waals surface area contributed by atoms with Crippen molar-refractivity contribution < 1.29 is 0 Å². The van der Waals surface area contributed by atoms with E-state index in [1.807, 2.05) is 0 Å². The van der Waals surface area contributed by atoms with E-state index >= 15 is 0 Å². The van der Waals surface area contributed by atoms with Crippen LogP contribution >= 0.6 is 11.6 Å². The largest absolute Gasteiger partial charge is 0.371 e. The lowest BCUT2D eigenvalue weighted by atomic mass is 9.93. The van der Waals surface area contributed by atoms with Crippen molar-refractivity contribution in [3.63, 3.8) is 0 Å². The molecule has 0 aromatic heterocycles. The minimum atomic E-state index is 0.439. The molecule has 1 aliphatic rings. The molecule has 2 heteroatoms. The highest BCUT2D eigenvalue weighted by Crippen LogP contribution is 2.34. The molecule has 1 saturated heterocycles. The molecule has 1 aliphatic heterocycles. The number of nitrogens with zero attached hydrogens (tertiary/aromatic N) is 1. The summed E-state index contributed by atoms with van der Waals surface area (Å²) in [6.07, 6.45) is 1.27. The standard InChI is InChI=1S/C14H20ClN/c1-11-4-5-13(12(8-11)9-15)16-7-6-14(2,3)10-16/h4-5,8H,6-7,9-10H2,1-3H3. The molecule has 1 aromatic rings. The fourth-order valence-electron chi connectivity index (χ4n) is 2.45. The highest BCUT2D eigenvalue weighted by atomic mass is 35.5. The van der Waals surface area contributed by atoms with Crippen LogP contribution in [0.1, 0.15) is 31.4 Å². The molecule has 1 fully saturated rings. The van der Waals surface area contributed by atoms with Gasteiger partial charge in [0.25, 0.3) is 0 Å². The van der Waals surface area contributed by atoms with E-state index < -0.39 is 0 Å². The molecular formula is C14H20ClN. The molecule has 0 N–H and O–H groups in total. The van der Waals surface area contributed by atoms with Gasteiger partial charge in [-0.2, -0.15) is 0 Å². The van der Waals surface area contributed by atoms with Crippen molar-refractivity contribution in [2.45, 2.75) is 33.1 Å². The summed E-state index contributed by atoms with van der Waals surface area (Å²) in [4.78, 5) is 2.47. The first kappa shape index (κ1) is 11.8. The average Bonchev–Trinajstić information content (AvgIpc) is 2.58. The van der Waals surface area contributed by atoms with Crippen molar-refractivity contribution >= 4 is 17.3 Å². The summed E-state index contributed by atoms with van der Waals surface area (Å²) in [5.41, 5.74) is 4.32. The van der Waals surface area contributed by atoms with Gasteiger partial charge in [-0.3, -0.25) is 0 Å². The van der Waals surface area contributed by atoms with Crippen LogP contribution in [0.2, 0.25) is 0 Å². The van der Waals surface area contributed by atoms with Crippen molar-refractivity contribution in [3.8, 4) is 0 Å². The quantitative estimate of drug-likeness (QED) is 0.704. The Morgan fingerprint density at radius 2 is 2.12 bits per heavy atom. The van der Waals surface area contributed by atoms with Crippen LogP contribution in [0.3, 0.4) is 0 Å². The molecular weight excluding hydrogens is 218 g/mol. The SMILES string of the molecule is Cc1ccc(N2CCC(C)(C)C2)c(CCl)c1. The monoisotopic (exact) mass is 237 g/mol. The van der Waals surface area contributed by atoms with E-state index in [9.17, 15) is 0 Å². The lowest BCUT2D eigenvalue weighted by Crippen LogP contribution is -2.23. The van der Waals surface area contributed by atoms with Gasteiger partial charge in [0.15, 0.2) is 0 Å². The Bertz CT molecular complexity index is 384. The van der Waals surface area contributed by atoms with E-state index in [2.05, 4.69) is 43.9 Å². The lowest BCUT2D eigenvalue weighted by molar-refractivity contribution is 0.418. The van der Waals surface area contributed by atoms with Gasteiger partial charge in [-0.1, -0.05) is 31.5 Å². The summed E-state index contributed by atoms with van der Waals surface area (Å²) in [5, 5.41) is 0. The van der Waals surface area contributed by atoms with Crippen LogP contribution in [-0.4, -0.2) is 13.1 Å². The molecule has 0 unspecified atom stereocenters. The van der Waals surface area contributed by atoms with Crippen LogP contribution in [0.25, 0.3) is 0 Å². The van der Waals surface area contributed by atoms with Crippen molar-refractivity contribution in [1.82, 2.24) is 0 Å². The zero-order valence-electron chi connectivity index (χ0n) is 10.4. The number of alkyl halides is 1. The fraction of sp³-hybridized carbons (Fsp3) is 0.571. The van der Waals surface area contributed by atoms with Crippen LogP contribution in [0, 0.1) is 12.3 Å². The Morgan fingerprint density at radius 3 is 2.69 bits per heavy atom. The zero-order chi connectivity index (χ0) is 11.8. The Hall–Kier alpha value is -0.690. The van der Waals surface area contributed by atoms with Crippen molar-refractivity contribution in [1.29, 1.82) is 0 Å². The van der Waals surface area contributed by atoms with Crippen molar-refractivity contribution in [3.05, 3.63) is 29.3 Å². The van der Waals surface area contributed by atoms with Crippen LogP contribution in [-0.2, 0) is 5.88 Å². The second-order valence-electron chi connectivity index (χ2n) is 5.60. The van der Waals surface area contributed by atoms with Gasteiger partial charge < -0.3 is 4.90 Å². The Labute approximate surface area is 103 Å². The third kappa shape index (κ3) is 2.35. The number of halogens is 1. The number of hydrogen-bond acceptors (Lipinski definition) is 1. The highest BCUT2D eigenvalue weighted by Gasteiger charge is 2.29. The van der Waals surface area contributed by atoms with Crippen LogP contribution < -0.4 is 4.90 Å². The molecule has 2 rings (SSSR count). The maximum Gasteiger partial charge on any atom is 0.0494 e. The molecule has 1 heterocycles. The van der Waals surface area contributed by atoms with E-state index in [1.54, 1.807) is 0 Å². The molecule has 1 aromatic carbocycles. The molecule has 0 spiro atoms. The maximum atomic E-state index is 6.03. The molecule has 0 aliphatic carbocycles. The summed E-state index contributed by atoms with van der Waals surface area (Å²) < 4.78 is 0. The van der Waals surface area contributed by atoms with Gasteiger partial charge in [-0.25, -0.2) is 0 Å². The number of aryl methyl sites for hydroxylation is 1. The molecule has 16 heavy (non-hydrogen) atoms. The van der Waals surface area contributed by atoms with E-state index in [0.717, 1.165) is 13.1 Å². The second-order valence-corrected chi connectivity index (χ2v) is 5.87. The fourth-order valence-corrected chi connectivity index (χ4v) is 2.66. The molecule has 0 radical (unpaired) electrons. The third-order valence-electron chi connectivity index (χ3n) is 3.40. The summed E-state index contributed by atoms with van der Waals surface area (Å²) in [6.45, 7) is 9.08. The number of anilines is 1. The molecule has 1 nitrogen and oxygen atoms in total. The first-order valence-electron chi connectivity index (χ1n) is 5.92.